The number of amides is 4. The van der Waals surface area contributed by atoms with Gasteiger partial charge in [0.2, 0.25) is 5.91 Å². The summed E-state index contributed by atoms with van der Waals surface area (Å²) in [6, 6.07) is 11.1. The lowest BCUT2D eigenvalue weighted by atomic mass is 9.90. The van der Waals surface area contributed by atoms with Crippen molar-refractivity contribution < 1.29 is 18.8 Å². The van der Waals surface area contributed by atoms with Gasteiger partial charge in [-0.15, -0.1) is 0 Å². The van der Waals surface area contributed by atoms with Crippen LogP contribution in [0.3, 0.4) is 0 Å². The second kappa shape index (κ2) is 8.67. The van der Waals surface area contributed by atoms with Gasteiger partial charge in [0.1, 0.15) is 17.9 Å². The van der Waals surface area contributed by atoms with E-state index in [1.54, 1.807) is 6.92 Å². The maximum absolute atomic E-state index is 14.0. The number of benzene rings is 2. The molecule has 0 spiro atoms. The van der Waals surface area contributed by atoms with Crippen LogP contribution in [-0.4, -0.2) is 41.2 Å². The molecule has 0 saturated carbocycles. The highest BCUT2D eigenvalue weighted by molar-refractivity contribution is 6.31. The average molecular weight is 446 g/mol. The number of urea groups is 1. The molecular formula is C23H25ClFN3O3. The van der Waals surface area contributed by atoms with Gasteiger partial charge in [-0.25, -0.2) is 9.18 Å². The highest BCUT2D eigenvalue weighted by atomic mass is 35.5. The molecule has 6 nitrogen and oxygen atoms in total. The molecule has 1 fully saturated rings. The number of nitrogens with one attached hydrogen (secondary N) is 1. The molecule has 1 atom stereocenters. The van der Waals surface area contributed by atoms with Crippen molar-refractivity contribution in [3.63, 3.8) is 0 Å². The van der Waals surface area contributed by atoms with E-state index in [1.807, 2.05) is 24.3 Å². The fourth-order valence-electron chi connectivity index (χ4n) is 3.50. The van der Waals surface area contributed by atoms with Crippen LogP contribution in [0.25, 0.3) is 0 Å². The Morgan fingerprint density at radius 3 is 2.42 bits per heavy atom. The molecule has 3 rings (SSSR count). The largest absolute Gasteiger partial charge is 0.340 e. The first-order valence-electron chi connectivity index (χ1n) is 9.96. The Labute approximate surface area is 186 Å². The van der Waals surface area contributed by atoms with Crippen molar-refractivity contribution in [1.29, 1.82) is 0 Å². The number of rotatable bonds is 6. The molecule has 0 aliphatic carbocycles. The van der Waals surface area contributed by atoms with Crippen LogP contribution < -0.4 is 5.32 Å². The summed E-state index contributed by atoms with van der Waals surface area (Å²) < 4.78 is 14.0. The monoisotopic (exact) mass is 445 g/mol. The van der Waals surface area contributed by atoms with Gasteiger partial charge < -0.3 is 10.2 Å². The summed E-state index contributed by atoms with van der Waals surface area (Å²) in [6.07, 6.45) is 0. The first-order chi connectivity index (χ1) is 14.5. The van der Waals surface area contributed by atoms with Crippen LogP contribution in [0.1, 0.15) is 43.4 Å². The molecule has 0 unspecified atom stereocenters. The third kappa shape index (κ3) is 4.42. The highest BCUT2D eigenvalue weighted by Gasteiger charge is 2.49. The smallest absolute Gasteiger partial charge is 0.325 e. The molecule has 1 N–H and O–H groups in total. The summed E-state index contributed by atoms with van der Waals surface area (Å²) in [5.74, 6) is -1.22. The lowest BCUT2D eigenvalue weighted by Gasteiger charge is -2.24. The van der Waals surface area contributed by atoms with Crippen molar-refractivity contribution >= 4 is 29.4 Å². The first kappa shape index (κ1) is 22.7. The molecule has 1 aliphatic rings. The predicted molar refractivity (Wildman–Crippen MR) is 116 cm³/mol. The van der Waals surface area contributed by atoms with Crippen LogP contribution in [0.15, 0.2) is 42.5 Å². The van der Waals surface area contributed by atoms with E-state index in [2.05, 4.69) is 19.2 Å². The molecule has 0 bridgehead atoms. The normalized spacial score (nSPS) is 18.5. The summed E-state index contributed by atoms with van der Waals surface area (Å²) in [5, 5.41) is 2.89. The van der Waals surface area contributed by atoms with Crippen molar-refractivity contribution in [2.45, 2.75) is 38.8 Å². The Morgan fingerprint density at radius 2 is 1.84 bits per heavy atom. The second-order valence-corrected chi connectivity index (χ2v) is 8.58. The van der Waals surface area contributed by atoms with Crippen LogP contribution in [0, 0.1) is 5.82 Å². The molecule has 2 aromatic rings. The third-order valence-electron chi connectivity index (χ3n) is 5.61. The minimum Gasteiger partial charge on any atom is -0.340 e. The number of hydrogen-bond donors (Lipinski definition) is 1. The SMILES string of the molecule is CC(C)c1ccc([C@@]2(C)NC(=O)N(CC(=O)N(C)Cc3c(F)cccc3Cl)C2=O)cc1. The minimum atomic E-state index is -1.26. The Kier molecular flexibility index (Phi) is 6.36. The number of halogens is 2. The number of hydrogen-bond acceptors (Lipinski definition) is 3. The van der Waals surface area contributed by atoms with Gasteiger partial charge in [0.15, 0.2) is 0 Å². The molecule has 31 heavy (non-hydrogen) atoms. The number of nitrogens with zero attached hydrogens (tertiary/aromatic N) is 2. The number of imide groups is 1. The molecule has 4 amide bonds. The average Bonchev–Trinajstić information content (AvgIpc) is 2.94. The molecule has 2 aromatic carbocycles. The van der Waals surface area contributed by atoms with Crippen molar-refractivity contribution in [3.8, 4) is 0 Å². The number of carbonyl (C=O) groups excluding carboxylic acids is 3. The van der Waals surface area contributed by atoms with Crippen LogP contribution in [0.2, 0.25) is 5.02 Å². The molecule has 8 heteroatoms. The van der Waals surface area contributed by atoms with E-state index >= 15 is 0 Å². The summed E-state index contributed by atoms with van der Waals surface area (Å²) in [4.78, 5) is 40.4. The van der Waals surface area contributed by atoms with E-state index in [-0.39, 0.29) is 17.1 Å². The standard InChI is InChI=1S/C23H25ClFN3O3/c1-14(2)15-8-10-16(11-9-15)23(3)21(30)28(22(31)26-23)13-20(29)27(4)12-17-18(24)6-5-7-19(17)25/h5-11,14H,12-13H2,1-4H3,(H,26,31)/t23-/m1/s1. The zero-order chi connectivity index (χ0) is 22.9. The lowest BCUT2D eigenvalue weighted by Crippen LogP contribution is -2.43. The molecule has 0 aromatic heterocycles. The fraction of sp³-hybridized carbons (Fsp3) is 0.348. The Hall–Kier alpha value is -2.93. The van der Waals surface area contributed by atoms with Gasteiger partial charge >= 0.3 is 6.03 Å². The van der Waals surface area contributed by atoms with Crippen molar-refractivity contribution in [1.82, 2.24) is 15.1 Å². The van der Waals surface area contributed by atoms with Gasteiger partial charge in [-0.2, -0.15) is 0 Å². The van der Waals surface area contributed by atoms with E-state index in [9.17, 15) is 18.8 Å². The van der Waals surface area contributed by atoms with E-state index in [1.165, 1.54) is 30.1 Å². The molecule has 1 aliphatic heterocycles. The van der Waals surface area contributed by atoms with Crippen molar-refractivity contribution in [2.24, 2.45) is 0 Å². The summed E-state index contributed by atoms with van der Waals surface area (Å²) in [6.45, 7) is 5.22. The Balaban J connectivity index is 1.74. The van der Waals surface area contributed by atoms with Crippen LogP contribution >= 0.6 is 11.6 Å². The van der Waals surface area contributed by atoms with Gasteiger partial charge in [-0.05, 0) is 36.1 Å². The zero-order valence-corrected chi connectivity index (χ0v) is 18.7. The summed E-state index contributed by atoms with van der Waals surface area (Å²) in [7, 11) is 1.47. The zero-order valence-electron chi connectivity index (χ0n) is 17.9. The van der Waals surface area contributed by atoms with Gasteiger partial charge in [0.25, 0.3) is 5.91 Å². The lowest BCUT2D eigenvalue weighted by molar-refractivity contribution is -0.138. The minimum absolute atomic E-state index is 0.0814. The molecule has 164 valence electrons. The van der Waals surface area contributed by atoms with E-state index < -0.39 is 35.7 Å². The van der Waals surface area contributed by atoms with Crippen molar-refractivity contribution in [3.05, 3.63) is 70.0 Å². The van der Waals surface area contributed by atoms with E-state index in [4.69, 9.17) is 11.6 Å². The van der Waals surface area contributed by atoms with Gasteiger partial charge in [0, 0.05) is 24.2 Å². The molecular weight excluding hydrogens is 421 g/mol. The van der Waals surface area contributed by atoms with E-state index in [0.717, 1.165) is 10.5 Å². The van der Waals surface area contributed by atoms with Gasteiger partial charge in [-0.1, -0.05) is 55.8 Å². The summed E-state index contributed by atoms with van der Waals surface area (Å²) in [5.41, 5.74) is 0.661. The fourth-order valence-corrected chi connectivity index (χ4v) is 3.73. The summed E-state index contributed by atoms with van der Waals surface area (Å²) >= 11 is 6.02. The van der Waals surface area contributed by atoms with Crippen LogP contribution in [0.4, 0.5) is 9.18 Å². The third-order valence-corrected chi connectivity index (χ3v) is 5.96. The molecule has 1 saturated heterocycles. The highest BCUT2D eigenvalue weighted by Crippen LogP contribution is 2.30. The van der Waals surface area contributed by atoms with Gasteiger partial charge in [-0.3, -0.25) is 14.5 Å². The maximum Gasteiger partial charge on any atom is 0.325 e. The van der Waals surface area contributed by atoms with Crippen molar-refractivity contribution in [2.75, 3.05) is 13.6 Å². The molecule has 1 heterocycles. The number of likely N-dealkylation sites (N-methyl/N-ethyl adjacent to an activating group) is 1. The molecule has 0 radical (unpaired) electrons. The van der Waals surface area contributed by atoms with Crippen LogP contribution in [-0.2, 0) is 21.7 Å². The Bertz CT molecular complexity index is 1000. The quantitative estimate of drug-likeness (QED) is 0.682. The number of carbonyl (C=O) groups is 3. The first-order valence-corrected chi connectivity index (χ1v) is 10.3. The van der Waals surface area contributed by atoms with Crippen LogP contribution in [0.5, 0.6) is 0 Å². The second-order valence-electron chi connectivity index (χ2n) is 8.17. The van der Waals surface area contributed by atoms with E-state index in [0.29, 0.717) is 11.5 Å². The maximum atomic E-state index is 14.0. The van der Waals surface area contributed by atoms with Gasteiger partial charge in [0.05, 0.1) is 0 Å². The Morgan fingerprint density at radius 1 is 1.19 bits per heavy atom. The topological polar surface area (TPSA) is 69.7 Å². The predicted octanol–water partition coefficient (Wildman–Crippen LogP) is 4.03.